The maximum atomic E-state index is 12.0. The number of nitrogens with two attached hydrogens (primary N) is 3. The Hall–Kier alpha value is -2.46. The van der Waals surface area contributed by atoms with Crippen LogP contribution in [0.3, 0.4) is 0 Å². The van der Waals surface area contributed by atoms with Crippen molar-refractivity contribution < 1.29 is 9.00 Å². The SMILES string of the molecule is NN/N=C(\N)c1c(-c2ccc3c(c2)C(=O)NC3)cc(Cl)cc1S(N)=O. The molecule has 2 aromatic carbocycles. The van der Waals surface area contributed by atoms with Gasteiger partial charge in [-0.25, -0.2) is 20.7 Å². The minimum atomic E-state index is -1.86. The van der Waals surface area contributed by atoms with E-state index in [0.717, 1.165) is 5.56 Å². The molecule has 0 radical (unpaired) electrons. The molecule has 1 unspecified atom stereocenters. The third kappa shape index (κ3) is 3.22. The number of rotatable bonds is 4. The van der Waals surface area contributed by atoms with Crippen molar-refractivity contribution in [3.63, 3.8) is 0 Å². The lowest BCUT2D eigenvalue weighted by molar-refractivity contribution is 0.0966. The number of amidine groups is 1. The van der Waals surface area contributed by atoms with Crippen molar-refractivity contribution in [2.45, 2.75) is 11.4 Å². The van der Waals surface area contributed by atoms with Gasteiger partial charge in [0, 0.05) is 22.7 Å². The van der Waals surface area contributed by atoms with E-state index in [2.05, 4.69) is 16.0 Å². The van der Waals surface area contributed by atoms with Crippen molar-refractivity contribution >= 4 is 34.3 Å². The first-order chi connectivity index (χ1) is 11.9. The van der Waals surface area contributed by atoms with Crippen LogP contribution in [-0.2, 0) is 17.5 Å². The van der Waals surface area contributed by atoms with Gasteiger partial charge in [-0.1, -0.05) is 23.7 Å². The number of nitrogens with zero attached hydrogens (tertiary/aromatic N) is 1. The molecule has 2 aromatic rings. The minimum absolute atomic E-state index is 0.00656. The van der Waals surface area contributed by atoms with E-state index in [4.69, 9.17) is 28.3 Å². The molecular weight excluding hydrogens is 364 g/mol. The first kappa shape index (κ1) is 17.4. The quantitative estimate of drug-likeness (QED) is 0.225. The van der Waals surface area contributed by atoms with Gasteiger partial charge in [0.2, 0.25) is 0 Å². The second-order valence-corrected chi connectivity index (χ2v) is 6.78. The number of hydrazine groups is 1. The lowest BCUT2D eigenvalue weighted by Gasteiger charge is -2.14. The molecule has 0 saturated heterocycles. The third-order valence-electron chi connectivity index (χ3n) is 3.83. The lowest BCUT2D eigenvalue weighted by Crippen LogP contribution is -2.25. The van der Waals surface area contributed by atoms with Gasteiger partial charge in [0.1, 0.15) is 11.0 Å². The Kier molecular flexibility index (Phi) is 4.73. The Balaban J connectivity index is 2.29. The van der Waals surface area contributed by atoms with E-state index in [9.17, 15) is 9.00 Å². The zero-order chi connectivity index (χ0) is 18.1. The highest BCUT2D eigenvalue weighted by Crippen LogP contribution is 2.33. The van der Waals surface area contributed by atoms with E-state index < -0.39 is 11.0 Å². The summed E-state index contributed by atoms with van der Waals surface area (Å²) < 4.78 is 12.0. The Morgan fingerprint density at radius 1 is 1.28 bits per heavy atom. The fourth-order valence-corrected chi connectivity index (χ4v) is 3.68. The van der Waals surface area contributed by atoms with Crippen LogP contribution < -0.4 is 27.6 Å². The summed E-state index contributed by atoms with van der Waals surface area (Å²) in [7, 11) is -1.86. The van der Waals surface area contributed by atoms with Gasteiger partial charge in [0.25, 0.3) is 5.91 Å². The van der Waals surface area contributed by atoms with Crippen molar-refractivity contribution in [3.05, 3.63) is 52.0 Å². The fourth-order valence-electron chi connectivity index (χ4n) is 2.74. The molecule has 1 aliphatic heterocycles. The van der Waals surface area contributed by atoms with Crippen molar-refractivity contribution in [2.75, 3.05) is 0 Å². The molecular formula is C15H15ClN6O2S. The van der Waals surface area contributed by atoms with Crippen LogP contribution in [0.25, 0.3) is 11.1 Å². The summed E-state index contributed by atoms with van der Waals surface area (Å²) >= 11 is 6.15. The number of carbonyl (C=O) groups is 1. The van der Waals surface area contributed by atoms with Crippen LogP contribution in [0.4, 0.5) is 0 Å². The standard InChI is InChI=1S/C15H15ClN6O2S/c16-9-4-10(7-1-2-8-6-20-15(23)11(8)3-7)13(14(17)21-22-18)12(5-9)25(19)24/h1-5,22H,6,18-19H2,(H2,17,21)(H,20,23). The van der Waals surface area contributed by atoms with E-state index in [1.165, 1.54) is 6.07 Å². The number of hydrogen-bond acceptors (Lipinski definition) is 5. The summed E-state index contributed by atoms with van der Waals surface area (Å²) in [5, 5.41) is 12.4. The first-order valence-electron chi connectivity index (χ1n) is 7.12. The molecule has 10 heteroatoms. The van der Waals surface area contributed by atoms with Crippen LogP contribution in [0.15, 0.2) is 40.3 Å². The largest absolute Gasteiger partial charge is 0.382 e. The second kappa shape index (κ2) is 6.81. The predicted octanol–water partition coefficient (Wildman–Crippen LogP) is 0.315. The van der Waals surface area contributed by atoms with Crippen LogP contribution in [0.5, 0.6) is 0 Å². The van der Waals surface area contributed by atoms with Crippen LogP contribution in [0, 0.1) is 0 Å². The second-order valence-electron chi connectivity index (χ2n) is 5.30. The van der Waals surface area contributed by atoms with Gasteiger partial charge < -0.3 is 11.1 Å². The molecule has 0 aliphatic carbocycles. The third-order valence-corrected chi connectivity index (χ3v) is 4.80. The number of hydrazone groups is 1. The van der Waals surface area contributed by atoms with Crippen molar-refractivity contribution in [2.24, 2.45) is 21.8 Å². The number of amides is 1. The van der Waals surface area contributed by atoms with E-state index in [0.29, 0.717) is 33.8 Å². The Labute approximate surface area is 151 Å². The fraction of sp³-hybridized carbons (Fsp3) is 0.0667. The number of carbonyl (C=O) groups excluding carboxylic acids is 1. The van der Waals surface area contributed by atoms with E-state index >= 15 is 0 Å². The van der Waals surface area contributed by atoms with Gasteiger partial charge in [-0.05, 0) is 34.9 Å². The van der Waals surface area contributed by atoms with Gasteiger partial charge in [0.15, 0.2) is 5.84 Å². The highest BCUT2D eigenvalue weighted by Gasteiger charge is 2.22. The molecule has 25 heavy (non-hydrogen) atoms. The van der Waals surface area contributed by atoms with Crippen LogP contribution >= 0.6 is 11.6 Å². The monoisotopic (exact) mass is 378 g/mol. The van der Waals surface area contributed by atoms with Crippen molar-refractivity contribution in [1.29, 1.82) is 0 Å². The summed E-state index contributed by atoms with van der Waals surface area (Å²) in [6, 6.07) is 8.47. The summed E-state index contributed by atoms with van der Waals surface area (Å²) in [6.45, 7) is 0.482. The average molecular weight is 379 g/mol. The molecule has 1 aliphatic rings. The summed E-state index contributed by atoms with van der Waals surface area (Å²) in [6.07, 6.45) is 0. The molecule has 1 amide bonds. The smallest absolute Gasteiger partial charge is 0.251 e. The molecule has 1 heterocycles. The molecule has 1 atom stereocenters. The number of halogens is 1. The van der Waals surface area contributed by atoms with Crippen molar-refractivity contribution in [3.8, 4) is 11.1 Å². The van der Waals surface area contributed by atoms with Crippen LogP contribution in [-0.4, -0.2) is 16.0 Å². The van der Waals surface area contributed by atoms with E-state index in [1.807, 2.05) is 12.1 Å². The molecule has 8 nitrogen and oxygen atoms in total. The Morgan fingerprint density at radius 3 is 2.72 bits per heavy atom. The first-order valence-corrected chi connectivity index (χ1v) is 8.71. The van der Waals surface area contributed by atoms with E-state index in [1.54, 1.807) is 12.1 Å². The molecule has 3 rings (SSSR count). The van der Waals surface area contributed by atoms with Gasteiger partial charge in [-0.2, -0.15) is 0 Å². The van der Waals surface area contributed by atoms with Crippen LogP contribution in [0.2, 0.25) is 5.02 Å². The molecule has 0 fully saturated rings. The molecule has 0 bridgehead atoms. The normalized spacial score (nSPS) is 14.8. The number of nitrogens with one attached hydrogen (secondary N) is 2. The van der Waals surface area contributed by atoms with Gasteiger partial charge >= 0.3 is 0 Å². The maximum absolute atomic E-state index is 12.0. The number of benzene rings is 2. The molecule has 0 aromatic heterocycles. The zero-order valence-electron chi connectivity index (χ0n) is 12.9. The lowest BCUT2D eigenvalue weighted by atomic mass is 9.96. The Morgan fingerprint density at radius 2 is 2.04 bits per heavy atom. The molecule has 0 saturated carbocycles. The number of hydrogen-bond donors (Lipinski definition) is 5. The maximum Gasteiger partial charge on any atom is 0.251 e. The van der Waals surface area contributed by atoms with Gasteiger partial charge in [-0.3, -0.25) is 4.79 Å². The predicted molar refractivity (Wildman–Crippen MR) is 96.7 cm³/mol. The molecule has 8 N–H and O–H groups in total. The number of fused-ring (bicyclic) bond motifs is 1. The highest BCUT2D eigenvalue weighted by molar-refractivity contribution is 7.82. The topological polar surface area (TPSA) is 149 Å². The summed E-state index contributed by atoms with van der Waals surface area (Å²) in [5.41, 5.74) is 11.1. The summed E-state index contributed by atoms with van der Waals surface area (Å²) in [4.78, 5) is 12.1. The minimum Gasteiger partial charge on any atom is -0.382 e. The Bertz CT molecular complexity index is 930. The highest BCUT2D eigenvalue weighted by atomic mass is 35.5. The van der Waals surface area contributed by atoms with E-state index in [-0.39, 0.29) is 16.6 Å². The van der Waals surface area contributed by atoms with Gasteiger partial charge in [0.05, 0.1) is 4.90 Å². The van der Waals surface area contributed by atoms with Crippen molar-refractivity contribution in [1.82, 2.24) is 10.9 Å². The molecule has 0 spiro atoms. The summed E-state index contributed by atoms with van der Waals surface area (Å²) in [5.74, 6) is 5.03. The van der Waals surface area contributed by atoms with Crippen LogP contribution in [0.1, 0.15) is 21.5 Å². The van der Waals surface area contributed by atoms with Gasteiger partial charge in [-0.15, -0.1) is 5.10 Å². The zero-order valence-corrected chi connectivity index (χ0v) is 14.4. The molecule has 130 valence electrons. The average Bonchev–Trinajstić information content (AvgIpc) is 2.94.